The summed E-state index contributed by atoms with van der Waals surface area (Å²) in [5, 5.41) is 1.02. The summed E-state index contributed by atoms with van der Waals surface area (Å²) in [5.74, 6) is 1.24. The first kappa shape index (κ1) is 16.7. The lowest BCUT2D eigenvalue weighted by atomic mass is 10.0. The molecular weight excluding hydrogens is 326 g/mol. The third-order valence-electron chi connectivity index (χ3n) is 5.30. The molecular formula is C22H23NO3. The number of nitrogens with zero attached hydrogens (tertiary/aromatic N) is 1. The molecule has 26 heavy (non-hydrogen) atoms. The smallest absolute Gasteiger partial charge is 0.290 e. The first-order chi connectivity index (χ1) is 12.6. The van der Waals surface area contributed by atoms with E-state index >= 15 is 0 Å². The summed E-state index contributed by atoms with van der Waals surface area (Å²) in [7, 11) is 1.67. The zero-order valence-corrected chi connectivity index (χ0v) is 15.4. The summed E-state index contributed by atoms with van der Waals surface area (Å²) < 4.78 is 11.5. The van der Waals surface area contributed by atoms with Crippen LogP contribution in [-0.4, -0.2) is 24.5 Å². The lowest BCUT2D eigenvalue weighted by Crippen LogP contribution is -2.30. The Morgan fingerprint density at radius 1 is 1.19 bits per heavy atom. The van der Waals surface area contributed by atoms with Gasteiger partial charge in [0.05, 0.1) is 13.2 Å². The maximum Gasteiger partial charge on any atom is 0.290 e. The van der Waals surface area contributed by atoms with Crippen LogP contribution in [0.25, 0.3) is 11.0 Å². The molecule has 4 heteroatoms. The number of benzene rings is 2. The molecule has 1 aromatic heterocycles. The normalized spacial score (nSPS) is 17.0. The van der Waals surface area contributed by atoms with Gasteiger partial charge in [0.25, 0.3) is 5.91 Å². The molecule has 1 atom stereocenters. The molecule has 1 aliphatic heterocycles. The van der Waals surface area contributed by atoms with E-state index in [1.807, 2.05) is 55.1 Å². The predicted molar refractivity (Wildman–Crippen MR) is 102 cm³/mol. The second kappa shape index (κ2) is 6.52. The van der Waals surface area contributed by atoms with Gasteiger partial charge in [-0.2, -0.15) is 0 Å². The van der Waals surface area contributed by atoms with Gasteiger partial charge < -0.3 is 14.1 Å². The van der Waals surface area contributed by atoms with Gasteiger partial charge in [-0.05, 0) is 44.9 Å². The van der Waals surface area contributed by atoms with Crippen LogP contribution in [0.3, 0.4) is 0 Å². The van der Waals surface area contributed by atoms with E-state index in [4.69, 9.17) is 9.15 Å². The van der Waals surface area contributed by atoms with Gasteiger partial charge in [-0.1, -0.05) is 29.8 Å². The van der Waals surface area contributed by atoms with Crippen LogP contribution in [0.15, 0.2) is 46.9 Å². The summed E-state index contributed by atoms with van der Waals surface area (Å²) in [6, 6.07) is 14.0. The fourth-order valence-electron chi connectivity index (χ4n) is 3.94. The van der Waals surface area contributed by atoms with Crippen molar-refractivity contribution < 1.29 is 13.9 Å². The van der Waals surface area contributed by atoms with Crippen LogP contribution in [0.1, 0.15) is 46.1 Å². The quantitative estimate of drug-likeness (QED) is 0.665. The molecule has 0 unspecified atom stereocenters. The molecule has 0 radical (unpaired) electrons. The van der Waals surface area contributed by atoms with Crippen LogP contribution in [0, 0.1) is 13.8 Å². The van der Waals surface area contributed by atoms with Crippen molar-refractivity contribution in [3.8, 4) is 5.75 Å². The lowest BCUT2D eigenvalue weighted by Gasteiger charge is -2.25. The predicted octanol–water partition coefficient (Wildman–Crippen LogP) is 5.04. The second-order valence-corrected chi connectivity index (χ2v) is 6.95. The minimum Gasteiger partial charge on any atom is -0.496 e. The number of furan rings is 1. The molecule has 0 spiro atoms. The topological polar surface area (TPSA) is 42.7 Å². The Balaban J connectivity index is 1.72. The Morgan fingerprint density at radius 2 is 2.00 bits per heavy atom. The van der Waals surface area contributed by atoms with Gasteiger partial charge in [-0.25, -0.2) is 0 Å². The number of rotatable bonds is 3. The van der Waals surface area contributed by atoms with E-state index < -0.39 is 0 Å². The highest BCUT2D eigenvalue weighted by Gasteiger charge is 2.34. The molecule has 0 N–H and O–H groups in total. The number of amides is 1. The average Bonchev–Trinajstić information content (AvgIpc) is 3.26. The Hall–Kier alpha value is -2.75. The number of aryl methyl sites for hydroxylation is 2. The standard InChI is InChI=1S/C22H23NO3/c1-14-10-11-20-17(13-14)15(2)21(26-20)22(24)23-12-6-8-18(23)16-7-4-5-9-19(16)25-3/h4-5,7,9-11,13,18H,6,8,12H2,1-3H3/t18-/m0/s1. The number of para-hydroxylation sites is 1. The number of likely N-dealkylation sites (tertiary alicyclic amines) is 1. The first-order valence-electron chi connectivity index (χ1n) is 9.04. The highest BCUT2D eigenvalue weighted by Crippen LogP contribution is 2.38. The molecule has 0 saturated carbocycles. The van der Waals surface area contributed by atoms with Crippen molar-refractivity contribution in [2.24, 2.45) is 0 Å². The van der Waals surface area contributed by atoms with Crippen LogP contribution in [0.5, 0.6) is 5.75 Å². The minimum absolute atomic E-state index is 0.0213. The van der Waals surface area contributed by atoms with E-state index in [9.17, 15) is 4.79 Å². The summed E-state index contributed by atoms with van der Waals surface area (Å²) in [4.78, 5) is 15.2. The van der Waals surface area contributed by atoms with E-state index in [1.165, 1.54) is 0 Å². The van der Waals surface area contributed by atoms with Crippen LogP contribution in [0.2, 0.25) is 0 Å². The molecule has 2 aromatic carbocycles. The third-order valence-corrected chi connectivity index (χ3v) is 5.30. The molecule has 1 amide bonds. The summed E-state index contributed by atoms with van der Waals surface area (Å²) in [5.41, 5.74) is 3.91. The van der Waals surface area contributed by atoms with Crippen molar-refractivity contribution in [2.45, 2.75) is 32.7 Å². The molecule has 1 fully saturated rings. The SMILES string of the molecule is COc1ccccc1[C@@H]1CCCN1C(=O)c1oc2ccc(C)cc2c1C. The number of hydrogen-bond acceptors (Lipinski definition) is 3. The summed E-state index contributed by atoms with van der Waals surface area (Å²) in [6.07, 6.45) is 1.91. The van der Waals surface area contributed by atoms with Crippen LogP contribution in [-0.2, 0) is 0 Å². The van der Waals surface area contributed by atoms with Gasteiger partial charge in [0, 0.05) is 23.1 Å². The second-order valence-electron chi connectivity index (χ2n) is 6.95. The number of carbonyl (C=O) groups is 1. The van der Waals surface area contributed by atoms with E-state index in [0.717, 1.165) is 52.8 Å². The van der Waals surface area contributed by atoms with Crippen molar-refractivity contribution in [1.29, 1.82) is 0 Å². The fraction of sp³-hybridized carbons (Fsp3) is 0.318. The van der Waals surface area contributed by atoms with Crippen LogP contribution in [0.4, 0.5) is 0 Å². The van der Waals surface area contributed by atoms with E-state index in [0.29, 0.717) is 5.76 Å². The van der Waals surface area contributed by atoms with Crippen LogP contribution < -0.4 is 4.74 Å². The number of ether oxygens (including phenoxy) is 1. The minimum atomic E-state index is -0.0373. The van der Waals surface area contributed by atoms with Crippen LogP contribution >= 0.6 is 0 Å². The van der Waals surface area contributed by atoms with Gasteiger partial charge in [0.1, 0.15) is 11.3 Å². The van der Waals surface area contributed by atoms with E-state index in [2.05, 4.69) is 6.07 Å². The third kappa shape index (κ3) is 2.66. The van der Waals surface area contributed by atoms with Gasteiger partial charge in [-0.15, -0.1) is 0 Å². The van der Waals surface area contributed by atoms with Crippen molar-refractivity contribution in [2.75, 3.05) is 13.7 Å². The van der Waals surface area contributed by atoms with Gasteiger partial charge in [0.15, 0.2) is 5.76 Å². The highest BCUT2D eigenvalue weighted by molar-refractivity contribution is 5.99. The molecule has 134 valence electrons. The van der Waals surface area contributed by atoms with Gasteiger partial charge >= 0.3 is 0 Å². The number of methoxy groups -OCH3 is 1. The Morgan fingerprint density at radius 3 is 2.81 bits per heavy atom. The number of hydrogen-bond donors (Lipinski definition) is 0. The van der Waals surface area contributed by atoms with Crippen molar-refractivity contribution >= 4 is 16.9 Å². The maximum atomic E-state index is 13.3. The zero-order chi connectivity index (χ0) is 18.3. The summed E-state index contributed by atoms with van der Waals surface area (Å²) in [6.45, 7) is 4.75. The van der Waals surface area contributed by atoms with E-state index in [1.54, 1.807) is 7.11 Å². The molecule has 4 rings (SSSR count). The molecule has 4 nitrogen and oxygen atoms in total. The zero-order valence-electron chi connectivity index (χ0n) is 15.4. The molecule has 3 aromatic rings. The first-order valence-corrected chi connectivity index (χ1v) is 9.04. The number of carbonyl (C=O) groups excluding carboxylic acids is 1. The Bertz CT molecular complexity index is 973. The average molecular weight is 349 g/mol. The largest absolute Gasteiger partial charge is 0.496 e. The van der Waals surface area contributed by atoms with Crippen molar-refractivity contribution in [3.63, 3.8) is 0 Å². The van der Waals surface area contributed by atoms with E-state index in [-0.39, 0.29) is 11.9 Å². The molecule has 1 saturated heterocycles. The maximum absolute atomic E-state index is 13.3. The van der Waals surface area contributed by atoms with Gasteiger partial charge in [-0.3, -0.25) is 4.79 Å². The molecule has 0 bridgehead atoms. The Labute approximate surface area is 153 Å². The number of fused-ring (bicyclic) bond motifs is 1. The lowest BCUT2D eigenvalue weighted by molar-refractivity contribution is 0.0703. The van der Waals surface area contributed by atoms with Gasteiger partial charge in [0.2, 0.25) is 0 Å². The molecule has 2 heterocycles. The van der Waals surface area contributed by atoms with Crippen molar-refractivity contribution in [3.05, 3.63) is 64.9 Å². The highest BCUT2D eigenvalue weighted by atomic mass is 16.5. The monoisotopic (exact) mass is 349 g/mol. The fourth-order valence-corrected chi connectivity index (χ4v) is 3.94. The summed E-state index contributed by atoms with van der Waals surface area (Å²) >= 11 is 0. The molecule has 0 aliphatic carbocycles. The Kier molecular flexibility index (Phi) is 4.19. The van der Waals surface area contributed by atoms with Crippen molar-refractivity contribution in [1.82, 2.24) is 4.90 Å². The molecule has 1 aliphatic rings.